The van der Waals surface area contributed by atoms with Gasteiger partial charge in [-0.1, -0.05) is 24.3 Å². The van der Waals surface area contributed by atoms with Gasteiger partial charge in [0.05, 0.1) is 49.7 Å². The van der Waals surface area contributed by atoms with E-state index < -0.39 is 29.7 Å². The summed E-state index contributed by atoms with van der Waals surface area (Å²) in [6.45, 7) is 11.0. The molecular weight excluding hydrogens is 811 g/mol. The first-order valence-electron chi connectivity index (χ1n) is 21.5. The molecule has 0 aliphatic carbocycles. The average Bonchev–Trinajstić information content (AvgIpc) is 3.70. The molecule has 63 heavy (non-hydrogen) atoms. The van der Waals surface area contributed by atoms with E-state index in [-0.39, 0.29) is 73.1 Å². The van der Waals surface area contributed by atoms with Crippen molar-refractivity contribution in [2.75, 3.05) is 64.6 Å². The molecule has 2 fully saturated rings. The van der Waals surface area contributed by atoms with Crippen LogP contribution in [0.1, 0.15) is 92.2 Å². The van der Waals surface area contributed by atoms with E-state index in [1.54, 1.807) is 18.2 Å². The number of nitrogens with one attached hydrogen (secondary N) is 4. The molecule has 2 saturated heterocycles. The average molecular weight is 866 g/mol. The SMILES string of the molecule is Cc1cc(C)c(CNC(=O)c2c(C)n(C(C)C3CCN(C(=O)COCCOCCOCCNc4cccc5c4C(=O)N(C4CCC(=O)NC4=O)C5=O)CC3)c3ccccc23)c(=O)[nH]1. The van der Waals surface area contributed by atoms with Gasteiger partial charge in [-0.2, -0.15) is 0 Å². The number of ether oxygens (including phenoxy) is 3. The smallest absolute Gasteiger partial charge is 0.264 e. The van der Waals surface area contributed by atoms with Crippen LogP contribution in [0.4, 0.5) is 5.69 Å². The summed E-state index contributed by atoms with van der Waals surface area (Å²) in [5.41, 5.74) is 5.22. The molecule has 2 aromatic carbocycles. The fourth-order valence-corrected chi connectivity index (χ4v) is 9.01. The number of aromatic nitrogens is 2. The number of H-pyrrole nitrogens is 1. The molecular formula is C46H55N7O10. The molecule has 2 atom stereocenters. The fraction of sp³-hybridized carbons (Fsp3) is 0.457. The number of hydrogen-bond acceptors (Lipinski definition) is 11. The number of rotatable bonds is 18. The van der Waals surface area contributed by atoms with Gasteiger partial charge in [0, 0.05) is 72.2 Å². The number of benzene rings is 2. The van der Waals surface area contributed by atoms with E-state index in [2.05, 4.69) is 32.4 Å². The number of carbonyl (C=O) groups excluding carboxylic acids is 6. The summed E-state index contributed by atoms with van der Waals surface area (Å²) in [5.74, 6) is -2.24. The molecule has 4 N–H and O–H groups in total. The van der Waals surface area contributed by atoms with Crippen molar-refractivity contribution in [1.82, 2.24) is 30.0 Å². The zero-order valence-corrected chi connectivity index (χ0v) is 36.2. The first kappa shape index (κ1) is 44.9. The maximum absolute atomic E-state index is 13.7. The van der Waals surface area contributed by atoms with Crippen molar-refractivity contribution in [2.24, 2.45) is 5.92 Å². The van der Waals surface area contributed by atoms with Crippen molar-refractivity contribution >= 4 is 52.0 Å². The second-order valence-corrected chi connectivity index (χ2v) is 16.3. The Morgan fingerprint density at radius 2 is 1.57 bits per heavy atom. The summed E-state index contributed by atoms with van der Waals surface area (Å²) in [5, 5.41) is 9.18. The number of likely N-dealkylation sites (tertiary alicyclic amines) is 1. The monoisotopic (exact) mass is 865 g/mol. The van der Waals surface area contributed by atoms with Crippen LogP contribution >= 0.6 is 0 Å². The van der Waals surface area contributed by atoms with Gasteiger partial charge in [0.1, 0.15) is 12.6 Å². The highest BCUT2D eigenvalue weighted by Crippen LogP contribution is 2.36. The van der Waals surface area contributed by atoms with Gasteiger partial charge in [-0.3, -0.25) is 43.8 Å². The number of pyridine rings is 1. The molecule has 17 nitrogen and oxygen atoms in total. The third kappa shape index (κ3) is 9.75. The number of carbonyl (C=O) groups is 6. The van der Waals surface area contributed by atoms with Gasteiger partial charge in [0.2, 0.25) is 17.7 Å². The third-order valence-corrected chi connectivity index (χ3v) is 12.3. The summed E-state index contributed by atoms with van der Waals surface area (Å²) >= 11 is 0. The molecule has 17 heteroatoms. The lowest BCUT2D eigenvalue weighted by atomic mass is 9.90. The van der Waals surface area contributed by atoms with Gasteiger partial charge in [-0.15, -0.1) is 0 Å². The summed E-state index contributed by atoms with van der Waals surface area (Å²) < 4.78 is 19.1. The van der Waals surface area contributed by atoms with E-state index in [4.69, 9.17) is 14.2 Å². The van der Waals surface area contributed by atoms with Crippen molar-refractivity contribution in [3.8, 4) is 0 Å². The van der Waals surface area contributed by atoms with Crippen LogP contribution < -0.4 is 21.5 Å². The van der Waals surface area contributed by atoms with Gasteiger partial charge in [0.15, 0.2) is 0 Å². The zero-order valence-electron chi connectivity index (χ0n) is 36.2. The topological polar surface area (TPSA) is 210 Å². The van der Waals surface area contributed by atoms with Crippen LogP contribution in [0.3, 0.4) is 0 Å². The molecule has 6 amide bonds. The van der Waals surface area contributed by atoms with Crippen molar-refractivity contribution in [3.63, 3.8) is 0 Å². The number of imide groups is 2. The molecule has 0 saturated carbocycles. The number of nitrogens with zero attached hydrogens (tertiary/aromatic N) is 3. The van der Waals surface area contributed by atoms with E-state index in [1.165, 1.54) is 0 Å². The highest BCUT2D eigenvalue weighted by atomic mass is 16.5. The van der Waals surface area contributed by atoms with Crippen LogP contribution in [0.15, 0.2) is 53.3 Å². The lowest BCUT2D eigenvalue weighted by molar-refractivity contribution is -0.138. The molecule has 0 spiro atoms. The number of hydrogen-bond donors (Lipinski definition) is 4. The van der Waals surface area contributed by atoms with Gasteiger partial charge in [0.25, 0.3) is 23.3 Å². The highest BCUT2D eigenvalue weighted by Gasteiger charge is 2.45. The van der Waals surface area contributed by atoms with E-state index in [0.717, 1.165) is 45.6 Å². The second kappa shape index (κ2) is 19.9. The van der Waals surface area contributed by atoms with Crippen LogP contribution in [-0.4, -0.2) is 120 Å². The maximum Gasteiger partial charge on any atom is 0.264 e. The Labute approximate surface area is 364 Å². The van der Waals surface area contributed by atoms with Crippen molar-refractivity contribution in [3.05, 3.63) is 98.1 Å². The van der Waals surface area contributed by atoms with Gasteiger partial charge in [-0.25, -0.2) is 0 Å². The Morgan fingerprint density at radius 1 is 0.857 bits per heavy atom. The number of fused-ring (bicyclic) bond motifs is 2. The van der Waals surface area contributed by atoms with E-state index in [0.29, 0.717) is 62.9 Å². The van der Waals surface area contributed by atoms with Gasteiger partial charge in [-0.05, 0) is 82.7 Å². The van der Waals surface area contributed by atoms with Crippen LogP contribution in [0.25, 0.3) is 10.9 Å². The maximum atomic E-state index is 13.7. The lowest BCUT2D eigenvalue weighted by Gasteiger charge is -2.36. The Balaban J connectivity index is 0.785. The molecule has 3 aliphatic heterocycles. The summed E-state index contributed by atoms with van der Waals surface area (Å²) in [7, 11) is 0. The standard InChI is InChI=1S/C46H55N7O10/c1-27-24-28(2)49-42(56)34(27)25-48-44(58)40-30(4)52(36-11-6-5-8-32(36)40)29(3)31-14-17-51(18-15-31)39(55)26-63-23-22-62-21-20-61-19-16-47-35-10-7-9-33-41(35)46(60)53(45(33)59)37-12-13-38(54)50-43(37)57/h5-11,24,29,31,37,47H,12-23,25-26H2,1-4H3,(H,48,58)(H,49,56)(H,50,54,57). The molecule has 4 aromatic rings. The van der Waals surface area contributed by atoms with E-state index in [9.17, 15) is 33.6 Å². The normalized spacial score (nSPS) is 17.3. The molecule has 334 valence electrons. The Hall–Kier alpha value is -6.17. The number of para-hydroxylation sites is 1. The second-order valence-electron chi connectivity index (χ2n) is 16.3. The third-order valence-electron chi connectivity index (χ3n) is 12.3. The zero-order chi connectivity index (χ0) is 44.8. The molecule has 0 radical (unpaired) electrons. The number of aromatic amines is 1. The fourth-order valence-electron chi connectivity index (χ4n) is 9.01. The summed E-state index contributed by atoms with van der Waals surface area (Å²) in [4.78, 5) is 95.1. The van der Waals surface area contributed by atoms with E-state index >= 15 is 0 Å². The Morgan fingerprint density at radius 3 is 2.30 bits per heavy atom. The molecule has 2 unspecified atom stereocenters. The highest BCUT2D eigenvalue weighted by molar-refractivity contribution is 6.25. The minimum absolute atomic E-state index is 0.0396. The lowest BCUT2D eigenvalue weighted by Crippen LogP contribution is -2.54. The molecule has 2 aromatic heterocycles. The first-order chi connectivity index (χ1) is 30.3. The summed E-state index contributed by atoms with van der Waals surface area (Å²) in [6, 6.07) is 13.7. The predicted molar refractivity (Wildman–Crippen MR) is 232 cm³/mol. The Bertz CT molecular complexity index is 2470. The van der Waals surface area contributed by atoms with Crippen LogP contribution in [0.5, 0.6) is 0 Å². The number of aryl methyl sites for hydroxylation is 2. The van der Waals surface area contributed by atoms with Crippen molar-refractivity contribution in [2.45, 2.75) is 72.0 Å². The van der Waals surface area contributed by atoms with Crippen molar-refractivity contribution in [1.29, 1.82) is 0 Å². The van der Waals surface area contributed by atoms with Gasteiger partial charge >= 0.3 is 0 Å². The Kier molecular flexibility index (Phi) is 14.2. The molecule has 7 rings (SSSR count). The van der Waals surface area contributed by atoms with Crippen LogP contribution in [0, 0.1) is 26.7 Å². The number of anilines is 1. The van der Waals surface area contributed by atoms with E-state index in [1.807, 2.05) is 56.0 Å². The number of piperidine rings is 2. The molecule has 3 aliphatic rings. The van der Waals surface area contributed by atoms with Gasteiger partial charge < -0.3 is 39.3 Å². The largest absolute Gasteiger partial charge is 0.382 e. The quantitative estimate of drug-likeness (QED) is 0.0840. The minimum Gasteiger partial charge on any atom is -0.382 e. The molecule has 0 bridgehead atoms. The van der Waals surface area contributed by atoms with Crippen LogP contribution in [0.2, 0.25) is 0 Å². The summed E-state index contributed by atoms with van der Waals surface area (Å²) in [6.07, 6.45) is 1.75. The van der Waals surface area contributed by atoms with Crippen LogP contribution in [-0.2, 0) is 35.1 Å². The first-order valence-corrected chi connectivity index (χ1v) is 21.5. The molecule has 5 heterocycles. The van der Waals surface area contributed by atoms with Crippen molar-refractivity contribution < 1.29 is 43.0 Å². The number of amides is 6. The predicted octanol–water partition coefficient (Wildman–Crippen LogP) is 3.55. The minimum atomic E-state index is -1.03.